The Morgan fingerprint density at radius 3 is 2.82 bits per heavy atom. The molecule has 0 amide bonds. The minimum atomic E-state index is -1.71. The van der Waals surface area contributed by atoms with Gasteiger partial charge in [0.25, 0.3) is 11.2 Å². The lowest BCUT2D eigenvalue weighted by molar-refractivity contribution is 0.157. The van der Waals surface area contributed by atoms with Gasteiger partial charge in [0.1, 0.15) is 5.76 Å². The molecular formula is C19H26N6O2S. The third-order valence-corrected chi connectivity index (χ3v) is 5.32. The predicted octanol–water partition coefficient (Wildman–Crippen LogP) is 1.88. The first-order valence-electron chi connectivity index (χ1n) is 8.98. The monoisotopic (exact) mass is 402 g/mol. The van der Waals surface area contributed by atoms with Crippen molar-refractivity contribution in [1.29, 1.82) is 0 Å². The van der Waals surface area contributed by atoms with Crippen molar-refractivity contribution in [1.82, 2.24) is 10.2 Å². The fourth-order valence-electron chi connectivity index (χ4n) is 3.01. The molecule has 0 radical (unpaired) electrons. The van der Waals surface area contributed by atoms with Crippen LogP contribution in [0.5, 0.6) is 0 Å². The Kier molecular flexibility index (Phi) is 5.85. The quantitative estimate of drug-likeness (QED) is 0.577. The van der Waals surface area contributed by atoms with Crippen LogP contribution in [-0.2, 0) is 15.9 Å². The van der Waals surface area contributed by atoms with Crippen LogP contribution in [0.15, 0.2) is 45.4 Å². The van der Waals surface area contributed by atoms with E-state index in [-0.39, 0.29) is 6.10 Å². The van der Waals surface area contributed by atoms with Crippen LogP contribution < -0.4 is 16.2 Å². The van der Waals surface area contributed by atoms with E-state index >= 15 is 0 Å². The van der Waals surface area contributed by atoms with Crippen molar-refractivity contribution in [3.8, 4) is 0 Å². The first kappa shape index (κ1) is 20.1. The molecule has 2 aliphatic heterocycles. The van der Waals surface area contributed by atoms with Crippen molar-refractivity contribution in [2.75, 3.05) is 25.6 Å². The number of hydrazine groups is 1. The molecule has 2 unspecified atom stereocenters. The molecule has 0 spiro atoms. The van der Waals surface area contributed by atoms with Crippen LogP contribution in [0.25, 0.3) is 5.70 Å². The molecule has 8 nitrogen and oxygen atoms in total. The highest BCUT2D eigenvalue weighted by Crippen LogP contribution is 2.27. The minimum Gasteiger partial charge on any atom is -0.493 e. The fourth-order valence-corrected chi connectivity index (χ4v) is 3.68. The lowest BCUT2D eigenvalue weighted by Crippen LogP contribution is -2.46. The minimum absolute atomic E-state index is 0.172. The van der Waals surface area contributed by atoms with Gasteiger partial charge in [0.05, 0.1) is 18.3 Å². The van der Waals surface area contributed by atoms with E-state index in [1.165, 1.54) is 5.01 Å². The van der Waals surface area contributed by atoms with Crippen LogP contribution >= 0.6 is 0 Å². The number of rotatable bonds is 5. The molecule has 2 heterocycles. The first-order chi connectivity index (χ1) is 13.3. The summed E-state index contributed by atoms with van der Waals surface area (Å²) >= 11 is -1.71. The van der Waals surface area contributed by atoms with Crippen LogP contribution in [0, 0.1) is 6.92 Å². The van der Waals surface area contributed by atoms with Crippen molar-refractivity contribution in [2.45, 2.75) is 26.4 Å². The second-order valence-electron chi connectivity index (χ2n) is 6.93. The molecule has 1 aromatic rings. The molecule has 0 bridgehead atoms. The third-order valence-electron chi connectivity index (χ3n) is 4.65. The molecule has 0 fully saturated rings. The van der Waals surface area contributed by atoms with E-state index in [1.54, 1.807) is 0 Å². The lowest BCUT2D eigenvalue weighted by atomic mass is 10.0. The predicted molar refractivity (Wildman–Crippen MR) is 115 cm³/mol. The fraction of sp³-hybridized carbons (Fsp3) is 0.368. The highest BCUT2D eigenvalue weighted by Gasteiger charge is 2.26. The SMILES string of the molecule is C=C(c1cccc(N(N)C2=NS(=O)N=C2NCC2=CCC(C)O2)c1C)N(C)C. The highest BCUT2D eigenvalue weighted by atomic mass is 32.2. The number of benzene rings is 1. The van der Waals surface area contributed by atoms with Crippen LogP contribution in [0.2, 0.25) is 0 Å². The number of nitrogens with zero attached hydrogens (tertiary/aromatic N) is 4. The van der Waals surface area contributed by atoms with E-state index in [0.29, 0.717) is 18.2 Å². The van der Waals surface area contributed by atoms with E-state index in [2.05, 4.69) is 20.7 Å². The van der Waals surface area contributed by atoms with Crippen LogP contribution in [0.1, 0.15) is 24.5 Å². The van der Waals surface area contributed by atoms with Gasteiger partial charge in [-0.15, -0.1) is 8.80 Å². The third kappa shape index (κ3) is 4.10. The number of anilines is 1. The molecule has 150 valence electrons. The maximum absolute atomic E-state index is 11.9. The molecule has 0 saturated carbocycles. The van der Waals surface area contributed by atoms with Crippen molar-refractivity contribution in [3.05, 3.63) is 47.7 Å². The number of amidine groups is 2. The first-order valence-corrected chi connectivity index (χ1v) is 10.0. The van der Waals surface area contributed by atoms with Gasteiger partial charge in [-0.2, -0.15) is 0 Å². The zero-order chi connectivity index (χ0) is 20.4. The topological polar surface area (TPSA) is 95.5 Å². The molecule has 0 aliphatic carbocycles. The normalized spacial score (nSPS) is 20.8. The number of hydrogen-bond acceptors (Lipinski definition) is 6. The molecule has 3 rings (SSSR count). The largest absolute Gasteiger partial charge is 0.493 e. The summed E-state index contributed by atoms with van der Waals surface area (Å²) in [5.41, 5.74) is 3.52. The lowest BCUT2D eigenvalue weighted by Gasteiger charge is -2.24. The molecule has 2 atom stereocenters. The van der Waals surface area contributed by atoms with Crippen LogP contribution in [0.4, 0.5) is 5.69 Å². The van der Waals surface area contributed by atoms with Gasteiger partial charge >= 0.3 is 0 Å². The second kappa shape index (κ2) is 8.15. The average molecular weight is 403 g/mol. The molecule has 1 aromatic carbocycles. The number of hydrogen-bond donors (Lipinski definition) is 2. The van der Waals surface area contributed by atoms with Crippen LogP contribution in [-0.4, -0.2) is 47.5 Å². The standard InChI is InChI=1S/C19H26N6O2S/c1-12-9-10-15(27-12)11-21-18-19(23-28(26)22-18)25(20)17-8-6-7-16(13(17)2)14(3)24(4)5/h6-8,10,12H,3,9,11,20H2,1-2,4-5H3,(H,21,22). The molecule has 2 aliphatic rings. The summed E-state index contributed by atoms with van der Waals surface area (Å²) < 4.78 is 25.8. The van der Waals surface area contributed by atoms with Gasteiger partial charge in [0.15, 0.2) is 5.84 Å². The van der Waals surface area contributed by atoms with Gasteiger partial charge in [-0.05, 0) is 31.6 Å². The summed E-state index contributed by atoms with van der Waals surface area (Å²) in [7, 11) is 3.88. The highest BCUT2D eigenvalue weighted by molar-refractivity contribution is 7.83. The summed E-state index contributed by atoms with van der Waals surface area (Å²) in [4.78, 5) is 1.94. The Hall–Kier alpha value is -2.65. The molecule has 3 N–H and O–H groups in total. The van der Waals surface area contributed by atoms with E-state index in [4.69, 9.17) is 10.6 Å². The number of nitrogens with one attached hydrogen (secondary N) is 1. The Morgan fingerprint density at radius 1 is 1.43 bits per heavy atom. The summed E-state index contributed by atoms with van der Waals surface area (Å²) in [5, 5.41) is 4.54. The molecule has 9 heteroatoms. The Labute approximate surface area is 168 Å². The summed E-state index contributed by atoms with van der Waals surface area (Å²) in [6, 6.07) is 5.77. The van der Waals surface area contributed by atoms with E-state index in [1.807, 2.05) is 57.1 Å². The summed E-state index contributed by atoms with van der Waals surface area (Å²) in [6.45, 7) is 8.53. The van der Waals surface area contributed by atoms with Gasteiger partial charge in [-0.1, -0.05) is 18.7 Å². The maximum atomic E-state index is 11.9. The van der Waals surface area contributed by atoms with Gasteiger partial charge in [0.2, 0.25) is 5.84 Å². The average Bonchev–Trinajstić information content (AvgIpc) is 3.24. The smallest absolute Gasteiger partial charge is 0.269 e. The van der Waals surface area contributed by atoms with Gasteiger partial charge in [-0.25, -0.2) is 10.1 Å². The van der Waals surface area contributed by atoms with E-state index in [9.17, 15) is 4.21 Å². The van der Waals surface area contributed by atoms with E-state index in [0.717, 1.165) is 34.7 Å². The van der Waals surface area contributed by atoms with Crippen LogP contribution in [0.3, 0.4) is 0 Å². The van der Waals surface area contributed by atoms with Gasteiger partial charge in [0, 0.05) is 31.8 Å². The van der Waals surface area contributed by atoms with Crippen molar-refractivity contribution >= 4 is 34.2 Å². The van der Waals surface area contributed by atoms with Gasteiger partial charge in [-0.3, -0.25) is 5.01 Å². The van der Waals surface area contributed by atoms with Crippen molar-refractivity contribution < 1.29 is 8.95 Å². The molecule has 0 saturated heterocycles. The summed E-state index contributed by atoms with van der Waals surface area (Å²) in [5.74, 6) is 7.89. The van der Waals surface area contributed by atoms with Crippen molar-refractivity contribution in [2.24, 2.45) is 14.6 Å². The Balaban J connectivity index is 1.81. The van der Waals surface area contributed by atoms with Crippen molar-refractivity contribution in [3.63, 3.8) is 0 Å². The zero-order valence-electron chi connectivity index (χ0n) is 16.6. The van der Waals surface area contributed by atoms with Gasteiger partial charge < -0.3 is 15.0 Å². The Bertz CT molecular complexity index is 906. The zero-order valence-corrected chi connectivity index (χ0v) is 17.4. The van der Waals surface area contributed by atoms with E-state index < -0.39 is 11.2 Å². The molecule has 28 heavy (non-hydrogen) atoms. The molecular weight excluding hydrogens is 376 g/mol. The second-order valence-corrected chi connectivity index (χ2v) is 7.76. The Morgan fingerprint density at radius 2 is 2.18 bits per heavy atom. The molecule has 0 aromatic heterocycles. The number of nitrogens with two attached hydrogens (primary N) is 1. The summed E-state index contributed by atoms with van der Waals surface area (Å²) in [6.07, 6.45) is 3.08. The number of ether oxygens (including phenoxy) is 1. The maximum Gasteiger partial charge on any atom is 0.269 e.